The Kier molecular flexibility index (Phi) is 3.06. The van der Waals surface area contributed by atoms with Crippen molar-refractivity contribution in [3.63, 3.8) is 0 Å². The van der Waals surface area contributed by atoms with Crippen molar-refractivity contribution >= 4 is 34.0 Å². The maximum Gasteiger partial charge on any atom is 0.128 e. The molecular weight excluding hydrogens is 266 g/mol. The molecule has 18 heavy (non-hydrogen) atoms. The van der Waals surface area contributed by atoms with Crippen molar-refractivity contribution in [3.8, 4) is 0 Å². The van der Waals surface area contributed by atoms with E-state index in [0.717, 1.165) is 28.4 Å². The van der Waals surface area contributed by atoms with Crippen LogP contribution in [0.25, 0.3) is 11.0 Å². The fraction of sp³-hybridized carbons (Fsp3) is 0.231. The average Bonchev–Trinajstić information content (AvgIpc) is 2.98. The molecule has 0 bridgehead atoms. The Morgan fingerprint density at radius 1 is 1.39 bits per heavy atom. The van der Waals surface area contributed by atoms with Gasteiger partial charge in [0.05, 0.1) is 23.0 Å². The Hall–Kier alpha value is -1.39. The van der Waals surface area contributed by atoms with E-state index in [-0.39, 0.29) is 5.38 Å². The van der Waals surface area contributed by atoms with Gasteiger partial charge in [0.1, 0.15) is 10.8 Å². The first-order valence-electron chi connectivity index (χ1n) is 5.73. The molecule has 2 heterocycles. The molecule has 0 saturated carbocycles. The van der Waals surface area contributed by atoms with Crippen LogP contribution in [0, 0.1) is 0 Å². The molecule has 0 amide bonds. The molecule has 5 heteroatoms. The predicted octanol–water partition coefficient (Wildman–Crippen LogP) is 3.84. The van der Waals surface area contributed by atoms with E-state index >= 15 is 0 Å². The average molecular weight is 278 g/mol. The van der Waals surface area contributed by atoms with Gasteiger partial charge < -0.3 is 4.57 Å². The lowest BCUT2D eigenvalue weighted by Gasteiger charge is -2.08. The van der Waals surface area contributed by atoms with Crippen molar-refractivity contribution in [3.05, 3.63) is 46.7 Å². The normalized spacial score (nSPS) is 13.0. The molecule has 92 valence electrons. The Morgan fingerprint density at radius 3 is 2.94 bits per heavy atom. The molecule has 1 atom stereocenters. The number of para-hydroxylation sites is 2. The Balaban J connectivity index is 2.15. The third kappa shape index (κ3) is 2.02. The van der Waals surface area contributed by atoms with E-state index < -0.39 is 0 Å². The van der Waals surface area contributed by atoms with Crippen LogP contribution in [0.4, 0.5) is 0 Å². The zero-order chi connectivity index (χ0) is 12.5. The zero-order valence-corrected chi connectivity index (χ0v) is 11.4. The predicted molar refractivity (Wildman–Crippen MR) is 75.2 cm³/mol. The highest BCUT2D eigenvalue weighted by atomic mass is 35.5. The summed E-state index contributed by atoms with van der Waals surface area (Å²) in [6.45, 7) is 2.67. The van der Waals surface area contributed by atoms with Crippen molar-refractivity contribution in [1.29, 1.82) is 0 Å². The van der Waals surface area contributed by atoms with Gasteiger partial charge in [-0.05, 0) is 19.1 Å². The molecule has 3 rings (SSSR count). The minimum absolute atomic E-state index is 0.114. The van der Waals surface area contributed by atoms with Crippen molar-refractivity contribution < 1.29 is 0 Å². The number of hydrogen-bond donors (Lipinski definition) is 0. The van der Waals surface area contributed by atoms with E-state index in [1.54, 1.807) is 11.3 Å². The lowest BCUT2D eigenvalue weighted by molar-refractivity contribution is 0.738. The standard InChI is InChI=1S/C13H12ClN3S/c1-9(14)13-16-10-4-2-3-5-11(10)17(13)8-12-15-6-7-18-12/h2-7,9H,8H2,1H3. The minimum atomic E-state index is -0.114. The van der Waals surface area contributed by atoms with Gasteiger partial charge in [-0.2, -0.15) is 0 Å². The van der Waals surface area contributed by atoms with Crippen molar-refractivity contribution in [2.75, 3.05) is 0 Å². The number of benzene rings is 1. The first kappa shape index (κ1) is 11.7. The van der Waals surface area contributed by atoms with Gasteiger partial charge in [-0.15, -0.1) is 22.9 Å². The second kappa shape index (κ2) is 4.71. The first-order valence-corrected chi connectivity index (χ1v) is 7.05. The van der Waals surface area contributed by atoms with Gasteiger partial charge in [-0.25, -0.2) is 9.97 Å². The number of thiazole rings is 1. The molecule has 2 aromatic heterocycles. The summed E-state index contributed by atoms with van der Waals surface area (Å²) in [4.78, 5) is 8.93. The van der Waals surface area contributed by atoms with Crippen molar-refractivity contribution in [1.82, 2.24) is 14.5 Å². The Morgan fingerprint density at radius 2 is 2.22 bits per heavy atom. The van der Waals surface area contributed by atoms with Crippen molar-refractivity contribution in [2.45, 2.75) is 18.8 Å². The number of aromatic nitrogens is 3. The highest BCUT2D eigenvalue weighted by molar-refractivity contribution is 7.09. The van der Waals surface area contributed by atoms with Gasteiger partial charge in [0, 0.05) is 11.6 Å². The summed E-state index contributed by atoms with van der Waals surface area (Å²) >= 11 is 7.87. The summed E-state index contributed by atoms with van der Waals surface area (Å²) in [7, 11) is 0. The van der Waals surface area contributed by atoms with Crippen LogP contribution in [0.1, 0.15) is 23.1 Å². The van der Waals surface area contributed by atoms with Gasteiger partial charge in [-0.3, -0.25) is 0 Å². The number of alkyl halides is 1. The molecule has 0 radical (unpaired) electrons. The summed E-state index contributed by atoms with van der Waals surface area (Å²) in [5, 5.41) is 2.94. The van der Waals surface area contributed by atoms with E-state index in [1.807, 2.05) is 36.7 Å². The maximum absolute atomic E-state index is 6.22. The van der Waals surface area contributed by atoms with Crippen LogP contribution >= 0.6 is 22.9 Å². The van der Waals surface area contributed by atoms with Crippen LogP contribution in [0.15, 0.2) is 35.8 Å². The van der Waals surface area contributed by atoms with E-state index in [1.165, 1.54) is 0 Å². The SMILES string of the molecule is CC(Cl)c1nc2ccccc2n1Cc1nccs1. The smallest absolute Gasteiger partial charge is 0.128 e. The minimum Gasteiger partial charge on any atom is -0.320 e. The van der Waals surface area contributed by atoms with Crippen molar-refractivity contribution in [2.24, 2.45) is 0 Å². The third-order valence-corrected chi connectivity index (χ3v) is 3.78. The number of imidazole rings is 1. The van der Waals surface area contributed by atoms with Crippen LogP contribution in [0.2, 0.25) is 0 Å². The van der Waals surface area contributed by atoms with Gasteiger partial charge in [0.25, 0.3) is 0 Å². The second-order valence-corrected chi connectivity index (χ2v) is 5.72. The molecule has 0 aliphatic rings. The van der Waals surface area contributed by atoms with E-state index in [9.17, 15) is 0 Å². The molecule has 0 N–H and O–H groups in total. The highest BCUT2D eigenvalue weighted by Crippen LogP contribution is 2.25. The van der Waals surface area contributed by atoms with E-state index in [2.05, 4.69) is 20.6 Å². The molecule has 0 spiro atoms. The molecule has 3 aromatic rings. The number of fused-ring (bicyclic) bond motifs is 1. The fourth-order valence-electron chi connectivity index (χ4n) is 2.03. The van der Waals surface area contributed by atoms with Crippen LogP contribution < -0.4 is 0 Å². The number of hydrogen-bond acceptors (Lipinski definition) is 3. The first-order chi connectivity index (χ1) is 8.75. The van der Waals surface area contributed by atoms with Crippen LogP contribution in [0.5, 0.6) is 0 Å². The second-order valence-electron chi connectivity index (χ2n) is 4.09. The number of halogens is 1. The summed E-state index contributed by atoms with van der Waals surface area (Å²) in [5.41, 5.74) is 2.09. The molecule has 0 fully saturated rings. The fourth-order valence-corrected chi connectivity index (χ4v) is 2.80. The summed E-state index contributed by atoms with van der Waals surface area (Å²) < 4.78 is 2.14. The van der Waals surface area contributed by atoms with Crippen LogP contribution in [-0.2, 0) is 6.54 Å². The Labute approximate surface area is 114 Å². The molecule has 0 aliphatic heterocycles. The lowest BCUT2D eigenvalue weighted by atomic mass is 10.3. The lowest BCUT2D eigenvalue weighted by Crippen LogP contribution is -2.05. The molecular formula is C13H12ClN3S. The van der Waals surface area contributed by atoms with E-state index in [4.69, 9.17) is 11.6 Å². The summed E-state index contributed by atoms with van der Waals surface area (Å²) in [6, 6.07) is 8.09. The molecule has 0 aliphatic carbocycles. The van der Waals surface area contributed by atoms with Gasteiger partial charge in [0.15, 0.2) is 0 Å². The molecule has 3 nitrogen and oxygen atoms in total. The van der Waals surface area contributed by atoms with E-state index in [0.29, 0.717) is 0 Å². The number of nitrogens with zero attached hydrogens (tertiary/aromatic N) is 3. The summed E-state index contributed by atoms with van der Waals surface area (Å²) in [6.07, 6.45) is 1.82. The summed E-state index contributed by atoms with van der Waals surface area (Å²) in [5.74, 6) is 0.896. The van der Waals surface area contributed by atoms with Crippen LogP contribution in [-0.4, -0.2) is 14.5 Å². The maximum atomic E-state index is 6.22. The van der Waals surface area contributed by atoms with Gasteiger partial charge in [-0.1, -0.05) is 12.1 Å². The van der Waals surface area contributed by atoms with Gasteiger partial charge >= 0.3 is 0 Å². The molecule has 0 saturated heterocycles. The molecule has 1 aromatic carbocycles. The monoisotopic (exact) mass is 277 g/mol. The van der Waals surface area contributed by atoms with Gasteiger partial charge in [0.2, 0.25) is 0 Å². The quantitative estimate of drug-likeness (QED) is 0.681. The largest absolute Gasteiger partial charge is 0.320 e. The third-order valence-electron chi connectivity index (χ3n) is 2.82. The highest BCUT2D eigenvalue weighted by Gasteiger charge is 2.15. The Bertz CT molecular complexity index is 658. The van der Waals surface area contributed by atoms with Crippen LogP contribution in [0.3, 0.4) is 0 Å². The topological polar surface area (TPSA) is 30.7 Å². The number of rotatable bonds is 3. The molecule has 1 unspecified atom stereocenters. The zero-order valence-electron chi connectivity index (χ0n) is 9.88.